The second-order valence-electron chi connectivity index (χ2n) is 5.60. The first-order valence-electron chi connectivity index (χ1n) is 8.00. The Labute approximate surface area is 156 Å². The highest BCUT2D eigenvalue weighted by molar-refractivity contribution is 6.30. The summed E-state index contributed by atoms with van der Waals surface area (Å²) in [4.78, 5) is 0. The normalized spacial score (nSPS) is 11.0. The Kier molecular flexibility index (Phi) is 5.68. The molecule has 3 aromatic rings. The number of hydrogen-bond donors (Lipinski definition) is 0. The van der Waals surface area contributed by atoms with E-state index in [-0.39, 0.29) is 11.1 Å². The van der Waals surface area contributed by atoms with Gasteiger partial charge in [-0.3, -0.25) is 0 Å². The van der Waals surface area contributed by atoms with Crippen LogP contribution in [-0.4, -0.2) is 0 Å². The number of benzene rings is 3. The summed E-state index contributed by atoms with van der Waals surface area (Å²) in [6, 6.07) is 23.0. The van der Waals surface area contributed by atoms with Crippen molar-refractivity contribution >= 4 is 23.3 Å². The van der Waals surface area contributed by atoms with E-state index in [4.69, 9.17) is 16.3 Å². The Morgan fingerprint density at radius 2 is 1.69 bits per heavy atom. The van der Waals surface area contributed by atoms with Gasteiger partial charge in [0.2, 0.25) is 0 Å². The van der Waals surface area contributed by atoms with Crippen molar-refractivity contribution in [1.29, 1.82) is 5.26 Å². The zero-order valence-electron chi connectivity index (χ0n) is 13.8. The molecular formula is C22H15ClFNO. The molecule has 0 saturated carbocycles. The van der Waals surface area contributed by atoms with Crippen molar-refractivity contribution in [3.63, 3.8) is 0 Å². The Balaban J connectivity index is 1.87. The van der Waals surface area contributed by atoms with Crippen molar-refractivity contribution in [3.05, 3.63) is 100 Å². The van der Waals surface area contributed by atoms with E-state index in [1.165, 1.54) is 6.07 Å². The van der Waals surface area contributed by atoms with Crippen molar-refractivity contribution in [2.75, 3.05) is 0 Å². The summed E-state index contributed by atoms with van der Waals surface area (Å²) in [6.07, 6.45) is 1.63. The molecule has 0 aliphatic carbocycles. The Hall–Kier alpha value is -3.09. The lowest BCUT2D eigenvalue weighted by atomic mass is 10.0. The maximum absolute atomic E-state index is 14.0. The summed E-state index contributed by atoms with van der Waals surface area (Å²) < 4.78 is 19.9. The second-order valence-corrected chi connectivity index (χ2v) is 6.04. The van der Waals surface area contributed by atoms with E-state index in [2.05, 4.69) is 6.07 Å². The molecule has 2 nitrogen and oxygen atoms in total. The van der Waals surface area contributed by atoms with Gasteiger partial charge in [0.1, 0.15) is 18.2 Å². The number of hydrogen-bond acceptors (Lipinski definition) is 2. The highest BCUT2D eigenvalue weighted by Gasteiger charge is 2.09. The maximum atomic E-state index is 14.0. The molecule has 0 amide bonds. The van der Waals surface area contributed by atoms with Crippen molar-refractivity contribution in [1.82, 2.24) is 0 Å². The first kappa shape index (κ1) is 17.7. The molecule has 4 heteroatoms. The molecule has 0 bridgehead atoms. The Morgan fingerprint density at radius 1 is 1.00 bits per heavy atom. The Bertz CT molecular complexity index is 974. The highest BCUT2D eigenvalue weighted by atomic mass is 35.5. The predicted octanol–water partition coefficient (Wildman–Crippen LogP) is 6.12. The molecule has 26 heavy (non-hydrogen) atoms. The van der Waals surface area contributed by atoms with Crippen LogP contribution >= 0.6 is 11.6 Å². The van der Waals surface area contributed by atoms with E-state index < -0.39 is 5.82 Å². The molecule has 0 aliphatic rings. The average Bonchev–Trinajstić information content (AvgIpc) is 2.67. The molecule has 3 rings (SSSR count). The molecule has 0 aromatic heterocycles. The van der Waals surface area contributed by atoms with Crippen LogP contribution in [0.3, 0.4) is 0 Å². The van der Waals surface area contributed by atoms with Crippen LogP contribution in [0.4, 0.5) is 4.39 Å². The molecule has 0 fully saturated rings. The van der Waals surface area contributed by atoms with E-state index >= 15 is 0 Å². The standard InChI is InChI=1S/C22H15ClFNO/c23-19-11-9-16(10-12-19)15-26-22-8-4-1-5-17(22)13-18(14-25)20-6-2-3-7-21(20)24/h1-13H,15H2. The highest BCUT2D eigenvalue weighted by Crippen LogP contribution is 2.26. The van der Waals surface area contributed by atoms with Gasteiger partial charge in [0.05, 0.1) is 11.6 Å². The van der Waals surface area contributed by atoms with Gasteiger partial charge >= 0.3 is 0 Å². The number of rotatable bonds is 5. The SMILES string of the molecule is N#CC(=Cc1ccccc1OCc1ccc(Cl)cc1)c1ccccc1F. The van der Waals surface area contributed by atoms with Crippen LogP contribution in [0.25, 0.3) is 11.6 Å². The number of para-hydroxylation sites is 1. The van der Waals surface area contributed by atoms with Crippen LogP contribution < -0.4 is 4.74 Å². The molecule has 0 radical (unpaired) electrons. The summed E-state index contributed by atoms with van der Waals surface area (Å²) in [5.74, 6) is 0.186. The first-order chi connectivity index (χ1) is 12.7. The van der Waals surface area contributed by atoms with Crippen molar-refractivity contribution in [2.45, 2.75) is 6.61 Å². The summed E-state index contributed by atoms with van der Waals surface area (Å²) in [7, 11) is 0. The minimum atomic E-state index is -0.431. The predicted molar refractivity (Wildman–Crippen MR) is 102 cm³/mol. The number of nitriles is 1. The molecule has 0 atom stereocenters. The monoisotopic (exact) mass is 363 g/mol. The van der Waals surface area contributed by atoms with Gasteiger partial charge < -0.3 is 4.74 Å². The lowest BCUT2D eigenvalue weighted by molar-refractivity contribution is 0.305. The molecular weight excluding hydrogens is 349 g/mol. The molecule has 0 heterocycles. The second kappa shape index (κ2) is 8.33. The minimum absolute atomic E-state index is 0.241. The lowest BCUT2D eigenvalue weighted by Gasteiger charge is -2.10. The number of allylic oxidation sites excluding steroid dienone is 1. The van der Waals surface area contributed by atoms with Crippen LogP contribution in [0.15, 0.2) is 72.8 Å². The van der Waals surface area contributed by atoms with Gasteiger partial charge in [-0.2, -0.15) is 5.26 Å². The molecule has 0 N–H and O–H groups in total. The van der Waals surface area contributed by atoms with E-state index in [0.29, 0.717) is 22.9 Å². The molecule has 0 unspecified atom stereocenters. The molecule has 3 aromatic carbocycles. The Morgan fingerprint density at radius 3 is 2.42 bits per heavy atom. The smallest absolute Gasteiger partial charge is 0.131 e. The summed E-state index contributed by atoms with van der Waals surface area (Å²) in [5.41, 5.74) is 2.19. The summed E-state index contributed by atoms with van der Waals surface area (Å²) >= 11 is 5.89. The zero-order valence-corrected chi connectivity index (χ0v) is 14.6. The van der Waals surface area contributed by atoms with Crippen LogP contribution in [0.1, 0.15) is 16.7 Å². The van der Waals surface area contributed by atoms with Gasteiger partial charge in [0.15, 0.2) is 0 Å². The fourth-order valence-corrected chi connectivity index (χ4v) is 2.60. The third-order valence-electron chi connectivity index (χ3n) is 3.81. The lowest BCUT2D eigenvalue weighted by Crippen LogP contribution is -1.97. The largest absolute Gasteiger partial charge is 0.488 e. The zero-order chi connectivity index (χ0) is 18.4. The summed E-state index contributed by atoms with van der Waals surface area (Å²) in [5, 5.41) is 10.1. The van der Waals surface area contributed by atoms with E-state index in [1.54, 1.807) is 36.4 Å². The minimum Gasteiger partial charge on any atom is -0.488 e. The number of ether oxygens (including phenoxy) is 1. The van der Waals surface area contributed by atoms with Crippen molar-refractivity contribution in [3.8, 4) is 11.8 Å². The first-order valence-corrected chi connectivity index (χ1v) is 8.38. The topological polar surface area (TPSA) is 33.0 Å². The number of nitrogens with zero attached hydrogens (tertiary/aromatic N) is 1. The third kappa shape index (κ3) is 4.30. The van der Waals surface area contributed by atoms with Gasteiger partial charge in [-0.05, 0) is 35.9 Å². The van der Waals surface area contributed by atoms with Crippen LogP contribution in [0.5, 0.6) is 5.75 Å². The van der Waals surface area contributed by atoms with Gasteiger partial charge in [0.25, 0.3) is 0 Å². The maximum Gasteiger partial charge on any atom is 0.131 e. The van der Waals surface area contributed by atoms with Gasteiger partial charge in [-0.1, -0.05) is 60.1 Å². The van der Waals surface area contributed by atoms with Crippen molar-refractivity contribution in [2.24, 2.45) is 0 Å². The van der Waals surface area contributed by atoms with Gasteiger partial charge in [-0.15, -0.1) is 0 Å². The van der Waals surface area contributed by atoms with E-state index in [1.807, 2.05) is 36.4 Å². The van der Waals surface area contributed by atoms with E-state index in [9.17, 15) is 9.65 Å². The van der Waals surface area contributed by atoms with E-state index in [0.717, 1.165) is 5.56 Å². The average molecular weight is 364 g/mol. The van der Waals surface area contributed by atoms with Crippen LogP contribution in [-0.2, 0) is 6.61 Å². The summed E-state index contributed by atoms with van der Waals surface area (Å²) in [6.45, 7) is 0.365. The van der Waals surface area contributed by atoms with Crippen LogP contribution in [0.2, 0.25) is 5.02 Å². The van der Waals surface area contributed by atoms with Gasteiger partial charge in [-0.25, -0.2) is 4.39 Å². The quantitative estimate of drug-likeness (QED) is 0.404. The van der Waals surface area contributed by atoms with Gasteiger partial charge in [0, 0.05) is 16.1 Å². The fourth-order valence-electron chi connectivity index (χ4n) is 2.48. The molecule has 0 aliphatic heterocycles. The van der Waals surface area contributed by atoms with Crippen molar-refractivity contribution < 1.29 is 9.13 Å². The number of halogens is 2. The molecule has 0 saturated heterocycles. The molecule has 0 spiro atoms. The third-order valence-corrected chi connectivity index (χ3v) is 4.06. The molecule has 128 valence electrons. The fraction of sp³-hybridized carbons (Fsp3) is 0.0455. The van der Waals surface area contributed by atoms with Crippen LogP contribution in [0, 0.1) is 17.1 Å².